The summed E-state index contributed by atoms with van der Waals surface area (Å²) >= 11 is 0. The number of carbonyl (C=O) groups excluding carboxylic acids is 1. The number of halogens is 1. The number of rotatable bonds is 5. The molecular formula is C21H20FN11O. The Morgan fingerprint density at radius 1 is 1.32 bits per heavy atom. The van der Waals surface area contributed by atoms with E-state index in [0.717, 1.165) is 12.8 Å². The zero-order valence-electron chi connectivity index (χ0n) is 18.3. The van der Waals surface area contributed by atoms with E-state index in [1.54, 1.807) is 34.7 Å². The zero-order chi connectivity index (χ0) is 23.7. The third-order valence-corrected chi connectivity index (χ3v) is 5.52. The van der Waals surface area contributed by atoms with E-state index in [0.29, 0.717) is 47.6 Å². The second kappa shape index (κ2) is 8.81. The number of aryl methyl sites for hydroxylation is 1. The Morgan fingerprint density at radius 2 is 2.21 bits per heavy atom. The number of nitrogens with zero attached hydrogens (tertiary/aromatic N) is 10. The Bertz CT molecular complexity index is 1410. The average Bonchev–Trinajstić information content (AvgIpc) is 3.45. The maximum absolute atomic E-state index is 13.9. The fourth-order valence-corrected chi connectivity index (χ4v) is 3.97. The van der Waals surface area contributed by atoms with Crippen LogP contribution in [0.15, 0.2) is 30.6 Å². The molecular weight excluding hydrogens is 441 g/mol. The van der Waals surface area contributed by atoms with Crippen LogP contribution in [-0.4, -0.2) is 69.5 Å². The fraction of sp³-hybridized carbons (Fsp3) is 0.333. The Hall–Kier alpha value is -4.47. The summed E-state index contributed by atoms with van der Waals surface area (Å²) in [4.78, 5) is 28.7. The molecule has 0 saturated carbocycles. The van der Waals surface area contributed by atoms with Gasteiger partial charge in [-0.3, -0.25) is 9.20 Å². The van der Waals surface area contributed by atoms with Crippen LogP contribution in [0.25, 0.3) is 28.7 Å². The predicted octanol–water partition coefficient (Wildman–Crippen LogP) is 1.44. The molecule has 0 radical (unpaired) electrons. The first-order valence-electron chi connectivity index (χ1n) is 10.7. The zero-order valence-corrected chi connectivity index (χ0v) is 18.3. The highest BCUT2D eigenvalue weighted by Gasteiger charge is 2.24. The molecule has 12 nitrogen and oxygen atoms in total. The molecule has 0 bridgehead atoms. The number of nitrogens with one attached hydrogen (secondary N) is 1. The molecule has 13 heteroatoms. The van der Waals surface area contributed by atoms with Gasteiger partial charge in [0.25, 0.3) is 0 Å². The summed E-state index contributed by atoms with van der Waals surface area (Å²) in [5, 5.41) is 24.4. The van der Waals surface area contributed by atoms with E-state index in [-0.39, 0.29) is 18.4 Å². The maximum atomic E-state index is 13.9. The Balaban J connectivity index is 1.51. The summed E-state index contributed by atoms with van der Waals surface area (Å²) in [7, 11) is 1.65. The lowest BCUT2D eigenvalue weighted by molar-refractivity contribution is -0.131. The number of imidazole rings is 1. The van der Waals surface area contributed by atoms with Crippen LogP contribution in [0.3, 0.4) is 0 Å². The number of fused-ring (bicyclic) bond motifs is 1. The van der Waals surface area contributed by atoms with E-state index in [2.05, 4.69) is 35.7 Å². The molecule has 172 valence electrons. The molecule has 0 aliphatic carbocycles. The normalized spacial score (nSPS) is 15.9. The lowest BCUT2D eigenvalue weighted by atomic mass is 10.1. The first-order valence-corrected chi connectivity index (χ1v) is 10.7. The van der Waals surface area contributed by atoms with Crippen molar-refractivity contribution in [1.82, 2.24) is 44.5 Å². The third-order valence-electron chi connectivity index (χ3n) is 5.52. The van der Waals surface area contributed by atoms with Crippen molar-refractivity contribution < 1.29 is 9.18 Å². The van der Waals surface area contributed by atoms with Gasteiger partial charge in [-0.25, -0.2) is 19.3 Å². The number of carbonyl (C=O) groups is 1. The molecule has 1 amide bonds. The summed E-state index contributed by atoms with van der Waals surface area (Å²) in [6.07, 6.45) is 4.39. The van der Waals surface area contributed by atoms with Gasteiger partial charge in [-0.05, 0) is 30.2 Å². The molecule has 1 fully saturated rings. The molecule has 0 aromatic carbocycles. The molecule has 1 N–H and O–H groups in total. The minimum absolute atomic E-state index is 0.0681. The number of hydrogen-bond acceptors (Lipinski definition) is 9. The number of piperidine rings is 1. The van der Waals surface area contributed by atoms with E-state index >= 15 is 0 Å². The van der Waals surface area contributed by atoms with Gasteiger partial charge in [0.1, 0.15) is 35.1 Å². The average molecular weight is 461 g/mol. The fourth-order valence-electron chi connectivity index (χ4n) is 3.97. The van der Waals surface area contributed by atoms with Crippen LogP contribution < -0.4 is 5.32 Å². The second-order valence-corrected chi connectivity index (χ2v) is 7.94. The van der Waals surface area contributed by atoms with Crippen molar-refractivity contribution in [1.29, 1.82) is 5.26 Å². The molecule has 0 unspecified atom stereocenters. The van der Waals surface area contributed by atoms with Crippen molar-refractivity contribution in [2.75, 3.05) is 18.4 Å². The van der Waals surface area contributed by atoms with E-state index in [4.69, 9.17) is 5.26 Å². The lowest BCUT2D eigenvalue weighted by Crippen LogP contribution is -2.45. The van der Waals surface area contributed by atoms with Crippen molar-refractivity contribution in [3.8, 4) is 29.1 Å². The van der Waals surface area contributed by atoms with Crippen molar-refractivity contribution >= 4 is 17.4 Å². The molecule has 1 atom stereocenters. The molecule has 4 aromatic rings. The summed E-state index contributed by atoms with van der Waals surface area (Å²) < 4.78 is 15.5. The smallest absolute Gasteiger partial charge is 0.236 e. The van der Waals surface area contributed by atoms with Gasteiger partial charge in [-0.1, -0.05) is 0 Å². The van der Waals surface area contributed by atoms with E-state index < -0.39 is 5.82 Å². The maximum Gasteiger partial charge on any atom is 0.236 e. The highest BCUT2D eigenvalue weighted by atomic mass is 19.1. The van der Waals surface area contributed by atoms with E-state index in [9.17, 15) is 9.18 Å². The van der Waals surface area contributed by atoms with Gasteiger partial charge < -0.3 is 10.2 Å². The van der Waals surface area contributed by atoms with Crippen LogP contribution in [0.1, 0.15) is 19.3 Å². The second-order valence-electron chi connectivity index (χ2n) is 7.94. The summed E-state index contributed by atoms with van der Waals surface area (Å²) in [6.45, 7) is 1.08. The number of pyridine rings is 1. The van der Waals surface area contributed by atoms with Gasteiger partial charge in [-0.15, -0.1) is 10.2 Å². The topological polar surface area (TPSA) is 143 Å². The molecule has 1 saturated heterocycles. The number of likely N-dealkylation sites (tertiary alicyclic amines) is 1. The minimum atomic E-state index is -0.416. The van der Waals surface area contributed by atoms with Crippen LogP contribution in [0.4, 0.5) is 10.2 Å². The van der Waals surface area contributed by atoms with Crippen LogP contribution in [0, 0.1) is 17.1 Å². The van der Waals surface area contributed by atoms with Crippen molar-refractivity contribution in [3.63, 3.8) is 0 Å². The summed E-state index contributed by atoms with van der Waals surface area (Å²) in [6, 6.07) is 6.46. The molecule has 5 rings (SSSR count). The van der Waals surface area contributed by atoms with Crippen LogP contribution >= 0.6 is 0 Å². The minimum Gasteiger partial charge on any atom is -0.365 e. The molecule has 1 aliphatic rings. The number of tetrazole rings is 1. The van der Waals surface area contributed by atoms with E-state index in [1.807, 2.05) is 6.07 Å². The molecule has 4 aromatic heterocycles. The molecule has 34 heavy (non-hydrogen) atoms. The number of anilines is 1. The Kier molecular flexibility index (Phi) is 5.54. The predicted molar refractivity (Wildman–Crippen MR) is 117 cm³/mol. The van der Waals surface area contributed by atoms with Gasteiger partial charge in [-0.2, -0.15) is 10.1 Å². The monoisotopic (exact) mass is 461 g/mol. The van der Waals surface area contributed by atoms with Gasteiger partial charge in [0.05, 0.1) is 19.3 Å². The summed E-state index contributed by atoms with van der Waals surface area (Å²) in [5.74, 6) is 0.511. The lowest BCUT2D eigenvalue weighted by Gasteiger charge is -2.33. The van der Waals surface area contributed by atoms with Crippen molar-refractivity contribution in [2.24, 2.45) is 7.05 Å². The Labute approximate surface area is 193 Å². The van der Waals surface area contributed by atoms with Gasteiger partial charge in [0.15, 0.2) is 5.82 Å². The van der Waals surface area contributed by atoms with Crippen LogP contribution in [-0.2, 0) is 11.8 Å². The first-order chi connectivity index (χ1) is 16.5. The van der Waals surface area contributed by atoms with Crippen LogP contribution in [0.2, 0.25) is 0 Å². The molecule has 0 spiro atoms. The highest BCUT2D eigenvalue weighted by Crippen LogP contribution is 2.25. The number of aromatic nitrogens is 8. The first kappa shape index (κ1) is 21.4. The third kappa shape index (κ3) is 4.25. The number of hydrogen-bond donors (Lipinski definition) is 1. The number of nitriles is 1. The van der Waals surface area contributed by atoms with Gasteiger partial charge in [0, 0.05) is 31.4 Å². The highest BCUT2D eigenvalue weighted by molar-refractivity contribution is 5.78. The molecule has 5 heterocycles. The number of amides is 1. The van der Waals surface area contributed by atoms with Crippen LogP contribution in [0.5, 0.6) is 0 Å². The van der Waals surface area contributed by atoms with Gasteiger partial charge in [0.2, 0.25) is 11.7 Å². The van der Waals surface area contributed by atoms with Crippen molar-refractivity contribution in [3.05, 3.63) is 36.4 Å². The largest absolute Gasteiger partial charge is 0.365 e. The summed E-state index contributed by atoms with van der Waals surface area (Å²) in [5.41, 5.74) is 1.48. The quantitative estimate of drug-likeness (QED) is 0.467. The molecule has 1 aliphatic heterocycles. The Morgan fingerprint density at radius 3 is 3.00 bits per heavy atom. The SMILES string of the molecule is Cn1nnc(-c2cc(N[C@@H]3CCCN(C(=O)CC#N)C3)nc(-c3cnc4ccc(F)cn34)n2)n1. The standard InChI is InChI=1S/C21H20FN11O/c1-31-29-20(28-30-31)15-9-17(25-14-3-2-8-32(12-14)19(34)6-7-23)27-21(26-15)16-10-24-18-5-4-13(22)11-33(16)18/h4-5,9-11,14H,2-3,6,8,12H2,1H3,(H,25,26,27)/t14-/m1/s1. The van der Waals surface area contributed by atoms with E-state index in [1.165, 1.54) is 17.1 Å². The van der Waals surface area contributed by atoms with Gasteiger partial charge >= 0.3 is 0 Å². The van der Waals surface area contributed by atoms with Crippen molar-refractivity contribution in [2.45, 2.75) is 25.3 Å².